The van der Waals surface area contributed by atoms with Crippen molar-refractivity contribution in [3.05, 3.63) is 83.7 Å². The second kappa shape index (κ2) is 13.4. The Morgan fingerprint density at radius 1 is 1.06 bits per heavy atom. The van der Waals surface area contributed by atoms with Gasteiger partial charge in [0.05, 0.1) is 24.8 Å². The van der Waals surface area contributed by atoms with E-state index < -0.39 is 17.4 Å². The number of H-pyrrole nitrogens is 1. The average Bonchev–Trinajstić information content (AvgIpc) is 3.81. The van der Waals surface area contributed by atoms with Gasteiger partial charge in [-0.15, -0.1) is 0 Å². The third-order valence-corrected chi connectivity index (χ3v) is 10.6. The molecule has 2 N–H and O–H groups in total. The van der Waals surface area contributed by atoms with Gasteiger partial charge in [0, 0.05) is 86.5 Å². The van der Waals surface area contributed by atoms with E-state index in [1.807, 2.05) is 53.1 Å². The average molecular weight is 667 g/mol. The highest BCUT2D eigenvalue weighted by Crippen LogP contribution is 2.52. The van der Waals surface area contributed by atoms with Crippen LogP contribution in [0.1, 0.15) is 53.7 Å². The first-order valence-electron chi connectivity index (χ1n) is 17.1. The molecule has 49 heavy (non-hydrogen) atoms. The first-order chi connectivity index (χ1) is 23.8. The SMILES string of the molecule is CC[C@]12c3[nH]c4ccc(OC)cc4c3CCN1C(=O)C(CC(=O)NCCc1ccccn1)C[C@@H]2C(=O)N1CCN(C(=O)c2ccco2)CC1. The summed E-state index contributed by atoms with van der Waals surface area (Å²) >= 11 is 0. The molecule has 0 radical (unpaired) electrons. The maximum Gasteiger partial charge on any atom is 0.289 e. The Kier molecular flexibility index (Phi) is 8.87. The molecule has 0 spiro atoms. The number of piperazine rings is 1. The van der Waals surface area contributed by atoms with Gasteiger partial charge in [0.2, 0.25) is 17.7 Å². The number of nitrogens with one attached hydrogen (secondary N) is 2. The van der Waals surface area contributed by atoms with Gasteiger partial charge in [-0.05, 0) is 67.3 Å². The highest BCUT2D eigenvalue weighted by Gasteiger charge is 2.59. The monoisotopic (exact) mass is 666 g/mol. The standard InChI is InChI=1S/C37H42N6O6/c1-3-37-29(35(46)41-16-18-42(19-17-41)36(47)31-8-6-20-49-31)21-24(22-32(44)39-14-11-25-7-4-5-13-38-25)34(45)43(37)15-12-27-28-23-26(48-2)9-10-30(28)40-33(27)37/h4-10,13,20,23-24,29,40H,3,11-12,14-19,21-22H2,1-2H3,(H,39,44)/t24?,29-,37+/m1/s1. The molecule has 12 nitrogen and oxygen atoms in total. The first-order valence-corrected chi connectivity index (χ1v) is 17.1. The molecule has 1 unspecified atom stereocenters. The van der Waals surface area contributed by atoms with Gasteiger partial charge in [-0.1, -0.05) is 13.0 Å². The number of methoxy groups -OCH3 is 1. The molecule has 256 valence electrons. The van der Waals surface area contributed by atoms with E-state index in [2.05, 4.69) is 15.3 Å². The van der Waals surface area contributed by atoms with Gasteiger partial charge >= 0.3 is 0 Å². The van der Waals surface area contributed by atoms with Gasteiger partial charge in [0.25, 0.3) is 5.91 Å². The summed E-state index contributed by atoms with van der Waals surface area (Å²) in [6.07, 6.45) is 5.17. The fourth-order valence-corrected chi connectivity index (χ4v) is 8.18. The van der Waals surface area contributed by atoms with Crippen LogP contribution in [-0.4, -0.2) is 94.7 Å². The van der Waals surface area contributed by atoms with Crippen LogP contribution >= 0.6 is 0 Å². The van der Waals surface area contributed by atoms with Crippen molar-refractivity contribution in [1.82, 2.24) is 30.0 Å². The van der Waals surface area contributed by atoms with Gasteiger partial charge in [0.15, 0.2) is 5.76 Å². The van der Waals surface area contributed by atoms with E-state index in [0.717, 1.165) is 33.6 Å². The van der Waals surface area contributed by atoms with Crippen LogP contribution in [0, 0.1) is 11.8 Å². The summed E-state index contributed by atoms with van der Waals surface area (Å²) in [6.45, 7) is 4.36. The number of pyridine rings is 1. The smallest absolute Gasteiger partial charge is 0.289 e. The maximum atomic E-state index is 14.8. The second-order valence-corrected chi connectivity index (χ2v) is 13.1. The van der Waals surface area contributed by atoms with Crippen LogP contribution < -0.4 is 10.1 Å². The largest absolute Gasteiger partial charge is 0.497 e. The van der Waals surface area contributed by atoms with Crippen molar-refractivity contribution in [2.45, 2.75) is 44.6 Å². The number of nitrogens with zero attached hydrogens (tertiary/aromatic N) is 4. The van der Waals surface area contributed by atoms with Crippen molar-refractivity contribution < 1.29 is 28.3 Å². The van der Waals surface area contributed by atoms with Gasteiger partial charge in [-0.3, -0.25) is 24.2 Å². The second-order valence-electron chi connectivity index (χ2n) is 13.1. The topological polar surface area (TPSA) is 141 Å². The third kappa shape index (κ3) is 5.83. The van der Waals surface area contributed by atoms with Crippen molar-refractivity contribution in [2.24, 2.45) is 11.8 Å². The summed E-state index contributed by atoms with van der Waals surface area (Å²) in [6, 6.07) is 14.9. The summed E-state index contributed by atoms with van der Waals surface area (Å²) in [5, 5.41) is 3.99. The Balaban J connectivity index is 1.17. The number of piperidine rings is 1. The molecule has 6 heterocycles. The first kappa shape index (κ1) is 32.4. The lowest BCUT2D eigenvalue weighted by atomic mass is 9.65. The molecular formula is C37H42N6O6. The zero-order valence-electron chi connectivity index (χ0n) is 27.9. The minimum atomic E-state index is -0.916. The van der Waals surface area contributed by atoms with E-state index in [4.69, 9.17) is 9.15 Å². The number of aromatic amines is 1. The lowest BCUT2D eigenvalue weighted by molar-refractivity contribution is -0.167. The van der Waals surface area contributed by atoms with Crippen LogP contribution in [0.4, 0.5) is 0 Å². The number of fused-ring (bicyclic) bond motifs is 5. The molecular weight excluding hydrogens is 624 g/mol. The number of carbonyl (C=O) groups is 4. The Hall–Kier alpha value is -5.13. The van der Waals surface area contributed by atoms with E-state index in [0.29, 0.717) is 58.5 Å². The number of ether oxygens (including phenoxy) is 1. The highest BCUT2D eigenvalue weighted by atomic mass is 16.5. The van der Waals surface area contributed by atoms with Crippen LogP contribution in [0.2, 0.25) is 0 Å². The van der Waals surface area contributed by atoms with Crippen molar-refractivity contribution in [3.8, 4) is 5.75 Å². The predicted molar refractivity (Wildman–Crippen MR) is 181 cm³/mol. The minimum absolute atomic E-state index is 0.00328. The van der Waals surface area contributed by atoms with Crippen molar-refractivity contribution in [2.75, 3.05) is 46.4 Å². The van der Waals surface area contributed by atoms with E-state index >= 15 is 0 Å². The molecule has 3 aromatic heterocycles. The Morgan fingerprint density at radius 2 is 1.88 bits per heavy atom. The van der Waals surface area contributed by atoms with Gasteiger partial charge in [0.1, 0.15) is 5.75 Å². The fraction of sp³-hybridized carbons (Fsp3) is 0.432. The maximum absolute atomic E-state index is 14.8. The summed E-state index contributed by atoms with van der Waals surface area (Å²) < 4.78 is 10.9. The summed E-state index contributed by atoms with van der Waals surface area (Å²) in [5.41, 5.74) is 2.87. The van der Waals surface area contributed by atoms with Crippen LogP contribution in [0.25, 0.3) is 10.9 Å². The number of benzene rings is 1. The van der Waals surface area contributed by atoms with Gasteiger partial charge in [-0.25, -0.2) is 0 Å². The molecule has 4 amide bonds. The van der Waals surface area contributed by atoms with Crippen LogP contribution in [0.5, 0.6) is 5.75 Å². The molecule has 12 heteroatoms. The van der Waals surface area contributed by atoms with E-state index in [9.17, 15) is 19.2 Å². The third-order valence-electron chi connectivity index (χ3n) is 10.6. The van der Waals surface area contributed by atoms with E-state index in [1.54, 1.807) is 30.3 Å². The van der Waals surface area contributed by atoms with E-state index in [-0.39, 0.29) is 42.2 Å². The quantitative estimate of drug-likeness (QED) is 0.279. The number of furan rings is 1. The number of hydrogen-bond donors (Lipinski definition) is 2. The summed E-state index contributed by atoms with van der Waals surface area (Å²) in [4.78, 5) is 68.8. The zero-order chi connectivity index (χ0) is 34.1. The normalized spacial score (nSPS) is 22.1. The number of aromatic nitrogens is 2. The predicted octanol–water partition coefficient (Wildman–Crippen LogP) is 3.52. The van der Waals surface area contributed by atoms with Crippen LogP contribution in [-0.2, 0) is 32.8 Å². The lowest BCUT2D eigenvalue weighted by Crippen LogP contribution is -2.66. The molecule has 7 rings (SSSR count). The number of carbonyl (C=O) groups excluding carboxylic acids is 4. The van der Waals surface area contributed by atoms with Gasteiger partial charge in [-0.2, -0.15) is 0 Å². The molecule has 0 bridgehead atoms. The Morgan fingerprint density at radius 3 is 2.59 bits per heavy atom. The zero-order valence-corrected chi connectivity index (χ0v) is 27.9. The summed E-state index contributed by atoms with van der Waals surface area (Å²) in [7, 11) is 1.64. The molecule has 0 aliphatic carbocycles. The minimum Gasteiger partial charge on any atom is -0.497 e. The fourth-order valence-electron chi connectivity index (χ4n) is 8.18. The molecule has 3 atom stereocenters. The number of hydrogen-bond acceptors (Lipinski definition) is 7. The Labute approximate surface area is 284 Å². The molecule has 2 fully saturated rings. The van der Waals surface area contributed by atoms with Crippen LogP contribution in [0.3, 0.4) is 0 Å². The summed E-state index contributed by atoms with van der Waals surface area (Å²) in [5.74, 6) is -0.793. The van der Waals surface area contributed by atoms with Gasteiger partial charge < -0.3 is 34.2 Å². The van der Waals surface area contributed by atoms with Crippen molar-refractivity contribution in [1.29, 1.82) is 0 Å². The van der Waals surface area contributed by atoms with E-state index in [1.165, 1.54) is 6.26 Å². The molecule has 4 aromatic rings. The van der Waals surface area contributed by atoms with Crippen molar-refractivity contribution >= 4 is 34.5 Å². The molecule has 3 aliphatic rings. The molecule has 0 saturated carbocycles. The molecule has 1 aromatic carbocycles. The number of rotatable bonds is 9. The highest BCUT2D eigenvalue weighted by molar-refractivity contribution is 5.94. The Bertz CT molecular complexity index is 1850. The lowest BCUT2D eigenvalue weighted by Gasteiger charge is -2.56. The molecule has 2 saturated heterocycles. The number of amides is 4. The molecule has 3 aliphatic heterocycles. The van der Waals surface area contributed by atoms with Crippen LogP contribution in [0.15, 0.2) is 65.4 Å². The van der Waals surface area contributed by atoms with Crippen molar-refractivity contribution in [3.63, 3.8) is 0 Å².